The van der Waals surface area contributed by atoms with Crippen molar-refractivity contribution in [3.05, 3.63) is 0 Å². The van der Waals surface area contributed by atoms with E-state index in [-0.39, 0.29) is 5.60 Å². The fourth-order valence-electron chi connectivity index (χ4n) is 3.26. The van der Waals surface area contributed by atoms with Gasteiger partial charge in [0.25, 0.3) is 0 Å². The molecule has 0 aromatic heterocycles. The lowest BCUT2D eigenvalue weighted by Crippen LogP contribution is -2.46. The zero-order valence-corrected chi connectivity index (χ0v) is 9.88. The zero-order chi connectivity index (χ0) is 10.2. The molecule has 0 amide bonds. The van der Waals surface area contributed by atoms with E-state index >= 15 is 0 Å². The molecular formula is C13H24O. The second-order valence-electron chi connectivity index (χ2n) is 5.78. The molecule has 14 heavy (non-hydrogen) atoms. The summed E-state index contributed by atoms with van der Waals surface area (Å²) in [5, 5.41) is 0. The minimum Gasteiger partial charge on any atom is -0.375 e. The van der Waals surface area contributed by atoms with E-state index in [1.165, 1.54) is 32.1 Å². The average Bonchev–Trinajstić information content (AvgIpc) is 2.16. The summed E-state index contributed by atoms with van der Waals surface area (Å²) in [7, 11) is 0. The highest BCUT2D eigenvalue weighted by Gasteiger charge is 2.42. The normalized spacial score (nSPS) is 43.7. The van der Waals surface area contributed by atoms with Gasteiger partial charge in [0, 0.05) is 6.61 Å². The first-order chi connectivity index (χ1) is 6.62. The lowest BCUT2D eigenvalue weighted by Gasteiger charge is -2.48. The molecule has 2 fully saturated rings. The summed E-state index contributed by atoms with van der Waals surface area (Å²) in [4.78, 5) is 0. The molecule has 3 atom stereocenters. The highest BCUT2D eigenvalue weighted by atomic mass is 16.5. The zero-order valence-electron chi connectivity index (χ0n) is 9.88. The molecule has 82 valence electrons. The lowest BCUT2D eigenvalue weighted by atomic mass is 9.66. The van der Waals surface area contributed by atoms with Crippen LogP contribution in [0, 0.1) is 17.8 Å². The fourth-order valence-corrected chi connectivity index (χ4v) is 3.26. The van der Waals surface area contributed by atoms with Crippen molar-refractivity contribution in [3.8, 4) is 0 Å². The Kier molecular flexibility index (Phi) is 2.88. The monoisotopic (exact) mass is 196 g/mol. The molecule has 2 aliphatic rings. The largest absolute Gasteiger partial charge is 0.375 e. The molecule has 1 saturated carbocycles. The van der Waals surface area contributed by atoms with Gasteiger partial charge in [0.1, 0.15) is 0 Å². The molecule has 2 rings (SSSR count). The number of fused-ring (bicyclic) bond motifs is 1. The lowest BCUT2D eigenvalue weighted by molar-refractivity contribution is -0.137. The van der Waals surface area contributed by atoms with Crippen molar-refractivity contribution < 1.29 is 4.74 Å². The van der Waals surface area contributed by atoms with Crippen LogP contribution >= 0.6 is 0 Å². The first-order valence-corrected chi connectivity index (χ1v) is 6.26. The van der Waals surface area contributed by atoms with Gasteiger partial charge in [0.05, 0.1) is 5.60 Å². The van der Waals surface area contributed by atoms with Gasteiger partial charge in [-0.1, -0.05) is 13.8 Å². The number of hydrogen-bond donors (Lipinski definition) is 0. The van der Waals surface area contributed by atoms with Gasteiger partial charge < -0.3 is 4.74 Å². The number of ether oxygens (including phenoxy) is 1. The first-order valence-electron chi connectivity index (χ1n) is 6.26. The van der Waals surface area contributed by atoms with E-state index in [9.17, 15) is 0 Å². The second-order valence-corrected chi connectivity index (χ2v) is 5.78. The third-order valence-electron chi connectivity index (χ3n) is 4.53. The molecule has 0 aromatic carbocycles. The van der Waals surface area contributed by atoms with E-state index < -0.39 is 0 Å². The van der Waals surface area contributed by atoms with Gasteiger partial charge in [0.15, 0.2) is 0 Å². The van der Waals surface area contributed by atoms with Crippen molar-refractivity contribution in [1.82, 2.24) is 0 Å². The van der Waals surface area contributed by atoms with Crippen LogP contribution in [0.2, 0.25) is 0 Å². The summed E-state index contributed by atoms with van der Waals surface area (Å²) in [6.07, 6.45) is 6.77. The van der Waals surface area contributed by atoms with E-state index in [2.05, 4.69) is 20.8 Å². The molecule has 0 spiro atoms. The standard InChI is InChI=1S/C13H24O/c1-10(2)11-6-7-13(3)12(9-11)5-4-8-14-13/h10-12H,4-9H2,1-3H3. The Morgan fingerprint density at radius 3 is 2.79 bits per heavy atom. The van der Waals surface area contributed by atoms with Crippen LogP contribution in [0.3, 0.4) is 0 Å². The van der Waals surface area contributed by atoms with E-state index in [1.807, 2.05) is 0 Å². The van der Waals surface area contributed by atoms with Crippen LogP contribution in [0.15, 0.2) is 0 Å². The predicted molar refractivity (Wildman–Crippen MR) is 59.3 cm³/mol. The van der Waals surface area contributed by atoms with Crippen molar-refractivity contribution in [2.24, 2.45) is 17.8 Å². The third-order valence-corrected chi connectivity index (χ3v) is 4.53. The molecule has 1 nitrogen and oxygen atoms in total. The van der Waals surface area contributed by atoms with Crippen LogP contribution in [0.1, 0.15) is 52.9 Å². The molecular weight excluding hydrogens is 172 g/mol. The maximum absolute atomic E-state index is 6.00. The molecule has 1 heteroatoms. The Morgan fingerprint density at radius 1 is 1.29 bits per heavy atom. The minimum absolute atomic E-state index is 0.240. The fraction of sp³-hybridized carbons (Fsp3) is 1.00. The smallest absolute Gasteiger partial charge is 0.0682 e. The molecule has 0 bridgehead atoms. The maximum atomic E-state index is 6.00. The van der Waals surface area contributed by atoms with E-state index in [0.717, 1.165) is 24.4 Å². The van der Waals surface area contributed by atoms with Gasteiger partial charge in [0.2, 0.25) is 0 Å². The topological polar surface area (TPSA) is 9.23 Å². The van der Waals surface area contributed by atoms with Gasteiger partial charge in [-0.05, 0) is 56.8 Å². The van der Waals surface area contributed by atoms with Crippen molar-refractivity contribution in [3.63, 3.8) is 0 Å². The number of hydrogen-bond acceptors (Lipinski definition) is 1. The van der Waals surface area contributed by atoms with Crippen LogP contribution < -0.4 is 0 Å². The highest BCUT2D eigenvalue weighted by Crippen LogP contribution is 2.45. The van der Waals surface area contributed by atoms with Crippen LogP contribution in [0.25, 0.3) is 0 Å². The first kappa shape index (κ1) is 10.5. The van der Waals surface area contributed by atoms with Gasteiger partial charge in [-0.3, -0.25) is 0 Å². The van der Waals surface area contributed by atoms with Gasteiger partial charge >= 0.3 is 0 Å². The van der Waals surface area contributed by atoms with E-state index in [4.69, 9.17) is 4.74 Å². The van der Waals surface area contributed by atoms with Crippen molar-refractivity contribution in [2.45, 2.75) is 58.5 Å². The van der Waals surface area contributed by atoms with Crippen LogP contribution in [0.5, 0.6) is 0 Å². The molecule has 1 aliphatic carbocycles. The maximum Gasteiger partial charge on any atom is 0.0682 e. The van der Waals surface area contributed by atoms with Gasteiger partial charge in [-0.25, -0.2) is 0 Å². The van der Waals surface area contributed by atoms with Crippen LogP contribution in [0.4, 0.5) is 0 Å². The summed E-state index contributed by atoms with van der Waals surface area (Å²) in [5.41, 5.74) is 0.240. The van der Waals surface area contributed by atoms with Crippen molar-refractivity contribution in [2.75, 3.05) is 6.61 Å². The Bertz CT molecular complexity index is 199. The van der Waals surface area contributed by atoms with Gasteiger partial charge in [-0.2, -0.15) is 0 Å². The average molecular weight is 196 g/mol. The van der Waals surface area contributed by atoms with E-state index in [1.54, 1.807) is 0 Å². The summed E-state index contributed by atoms with van der Waals surface area (Å²) in [5.74, 6) is 2.66. The molecule has 3 unspecified atom stereocenters. The summed E-state index contributed by atoms with van der Waals surface area (Å²) < 4.78 is 6.00. The quantitative estimate of drug-likeness (QED) is 0.622. The molecule has 0 radical (unpaired) electrons. The molecule has 0 aromatic rings. The summed E-state index contributed by atoms with van der Waals surface area (Å²) in [6.45, 7) is 8.08. The predicted octanol–water partition coefficient (Wildman–Crippen LogP) is 3.63. The molecule has 1 aliphatic heterocycles. The Balaban J connectivity index is 2.02. The molecule has 1 saturated heterocycles. The number of rotatable bonds is 1. The van der Waals surface area contributed by atoms with Crippen LogP contribution in [-0.2, 0) is 4.74 Å². The summed E-state index contributed by atoms with van der Waals surface area (Å²) in [6, 6.07) is 0. The highest BCUT2D eigenvalue weighted by molar-refractivity contribution is 4.93. The Morgan fingerprint density at radius 2 is 2.07 bits per heavy atom. The summed E-state index contributed by atoms with van der Waals surface area (Å²) >= 11 is 0. The van der Waals surface area contributed by atoms with Crippen molar-refractivity contribution in [1.29, 1.82) is 0 Å². The van der Waals surface area contributed by atoms with Crippen LogP contribution in [-0.4, -0.2) is 12.2 Å². The third kappa shape index (κ3) is 1.84. The molecule has 1 heterocycles. The van der Waals surface area contributed by atoms with Gasteiger partial charge in [-0.15, -0.1) is 0 Å². The SMILES string of the molecule is CC(C)C1CCC2(C)OCCCC2C1. The van der Waals surface area contributed by atoms with Crippen molar-refractivity contribution >= 4 is 0 Å². The molecule has 0 N–H and O–H groups in total. The second kappa shape index (κ2) is 3.84. The Hall–Kier alpha value is -0.0400. The van der Waals surface area contributed by atoms with E-state index in [0.29, 0.717) is 0 Å². The Labute approximate surface area is 88.2 Å². The minimum atomic E-state index is 0.240.